The summed E-state index contributed by atoms with van der Waals surface area (Å²) in [5.74, 6) is 1.87. The van der Waals surface area contributed by atoms with Gasteiger partial charge in [-0.25, -0.2) is 4.98 Å². The Morgan fingerprint density at radius 2 is 2.31 bits per heavy atom. The van der Waals surface area contributed by atoms with E-state index in [2.05, 4.69) is 27.4 Å². The molecule has 0 radical (unpaired) electrons. The molecular formula is C12H22N4. The second-order valence-corrected chi connectivity index (χ2v) is 4.76. The SMILES string of the molecule is CCCNC(CC1CCCC1)c1ncn[nH]1. The Morgan fingerprint density at radius 3 is 2.94 bits per heavy atom. The van der Waals surface area contributed by atoms with Crippen LogP contribution in [0.1, 0.15) is 57.3 Å². The van der Waals surface area contributed by atoms with E-state index in [4.69, 9.17) is 0 Å². The molecule has 4 heteroatoms. The lowest BCUT2D eigenvalue weighted by Crippen LogP contribution is -2.25. The Bertz CT molecular complexity index is 277. The zero-order chi connectivity index (χ0) is 11.2. The molecule has 0 saturated heterocycles. The number of hydrogen-bond donors (Lipinski definition) is 2. The lowest BCUT2D eigenvalue weighted by atomic mass is 9.98. The highest BCUT2D eigenvalue weighted by molar-refractivity contribution is 4.92. The second-order valence-electron chi connectivity index (χ2n) is 4.76. The molecule has 16 heavy (non-hydrogen) atoms. The smallest absolute Gasteiger partial charge is 0.141 e. The first-order chi connectivity index (χ1) is 7.90. The molecule has 1 atom stereocenters. The number of aromatic nitrogens is 3. The van der Waals surface area contributed by atoms with Gasteiger partial charge in [0.2, 0.25) is 0 Å². The summed E-state index contributed by atoms with van der Waals surface area (Å²) in [6, 6.07) is 0.366. The van der Waals surface area contributed by atoms with E-state index in [1.54, 1.807) is 6.33 Å². The van der Waals surface area contributed by atoms with E-state index in [9.17, 15) is 0 Å². The van der Waals surface area contributed by atoms with Crippen LogP contribution in [0.5, 0.6) is 0 Å². The van der Waals surface area contributed by atoms with E-state index in [1.807, 2.05) is 0 Å². The van der Waals surface area contributed by atoms with Gasteiger partial charge in [-0.3, -0.25) is 5.10 Å². The van der Waals surface area contributed by atoms with Gasteiger partial charge in [-0.05, 0) is 25.3 Å². The fourth-order valence-corrected chi connectivity index (χ4v) is 2.57. The molecule has 0 aromatic carbocycles. The Balaban J connectivity index is 1.91. The molecule has 2 rings (SSSR count). The number of rotatable bonds is 6. The molecule has 0 aliphatic heterocycles. The van der Waals surface area contributed by atoms with E-state index >= 15 is 0 Å². The third-order valence-corrected chi connectivity index (χ3v) is 3.45. The van der Waals surface area contributed by atoms with E-state index in [0.29, 0.717) is 6.04 Å². The lowest BCUT2D eigenvalue weighted by Gasteiger charge is -2.19. The van der Waals surface area contributed by atoms with Gasteiger partial charge in [0.1, 0.15) is 12.2 Å². The average Bonchev–Trinajstić information content (AvgIpc) is 2.96. The van der Waals surface area contributed by atoms with Crippen molar-refractivity contribution < 1.29 is 0 Å². The monoisotopic (exact) mass is 222 g/mol. The molecular weight excluding hydrogens is 200 g/mol. The van der Waals surface area contributed by atoms with Gasteiger partial charge in [0, 0.05) is 0 Å². The van der Waals surface area contributed by atoms with Crippen molar-refractivity contribution in [2.24, 2.45) is 5.92 Å². The maximum absolute atomic E-state index is 4.28. The van der Waals surface area contributed by atoms with Crippen LogP contribution in [-0.4, -0.2) is 21.7 Å². The largest absolute Gasteiger partial charge is 0.307 e. The standard InChI is InChI=1S/C12H22N4/c1-2-7-13-11(12-14-9-15-16-12)8-10-5-3-4-6-10/h9-11,13H,2-8H2,1H3,(H,14,15,16). The van der Waals surface area contributed by atoms with Crippen molar-refractivity contribution in [1.29, 1.82) is 0 Å². The molecule has 0 spiro atoms. The third kappa shape index (κ3) is 3.04. The van der Waals surface area contributed by atoms with Crippen LogP contribution >= 0.6 is 0 Å². The van der Waals surface area contributed by atoms with Gasteiger partial charge < -0.3 is 5.32 Å². The molecule has 2 N–H and O–H groups in total. The fourth-order valence-electron chi connectivity index (χ4n) is 2.57. The molecule has 0 bridgehead atoms. The number of H-pyrrole nitrogens is 1. The van der Waals surface area contributed by atoms with E-state index < -0.39 is 0 Å². The molecule has 1 unspecified atom stereocenters. The van der Waals surface area contributed by atoms with Crippen LogP contribution < -0.4 is 5.32 Å². The normalized spacial score (nSPS) is 19.1. The van der Waals surface area contributed by atoms with Crippen molar-refractivity contribution in [3.05, 3.63) is 12.2 Å². The maximum atomic E-state index is 4.28. The zero-order valence-electron chi connectivity index (χ0n) is 10.1. The summed E-state index contributed by atoms with van der Waals surface area (Å²) in [6.45, 7) is 3.25. The van der Waals surface area contributed by atoms with Crippen molar-refractivity contribution in [1.82, 2.24) is 20.5 Å². The molecule has 1 heterocycles. The van der Waals surface area contributed by atoms with Crippen LogP contribution in [0.15, 0.2) is 6.33 Å². The highest BCUT2D eigenvalue weighted by atomic mass is 15.2. The summed E-state index contributed by atoms with van der Waals surface area (Å²) in [6.07, 6.45) is 9.55. The maximum Gasteiger partial charge on any atom is 0.141 e. The summed E-state index contributed by atoms with van der Waals surface area (Å²) >= 11 is 0. The van der Waals surface area contributed by atoms with Crippen molar-refractivity contribution in [2.45, 2.75) is 51.5 Å². The van der Waals surface area contributed by atoms with Gasteiger partial charge in [-0.2, -0.15) is 5.10 Å². The highest BCUT2D eigenvalue weighted by Gasteiger charge is 2.22. The van der Waals surface area contributed by atoms with Crippen molar-refractivity contribution in [3.8, 4) is 0 Å². The van der Waals surface area contributed by atoms with Gasteiger partial charge in [0.05, 0.1) is 6.04 Å². The summed E-state index contributed by atoms with van der Waals surface area (Å²) < 4.78 is 0. The second kappa shape index (κ2) is 5.99. The predicted molar refractivity (Wildman–Crippen MR) is 64.0 cm³/mol. The Labute approximate surface area is 97.2 Å². The van der Waals surface area contributed by atoms with Crippen molar-refractivity contribution in [3.63, 3.8) is 0 Å². The minimum atomic E-state index is 0.366. The number of hydrogen-bond acceptors (Lipinski definition) is 3. The molecule has 1 aromatic heterocycles. The van der Waals surface area contributed by atoms with Crippen LogP contribution in [0.3, 0.4) is 0 Å². The molecule has 1 fully saturated rings. The van der Waals surface area contributed by atoms with Crippen LogP contribution in [-0.2, 0) is 0 Å². The summed E-state index contributed by atoms with van der Waals surface area (Å²) in [5.41, 5.74) is 0. The quantitative estimate of drug-likeness (QED) is 0.777. The van der Waals surface area contributed by atoms with E-state index in [0.717, 1.165) is 24.7 Å². The van der Waals surface area contributed by atoms with Gasteiger partial charge in [0.25, 0.3) is 0 Å². The Kier molecular flexibility index (Phi) is 4.34. The minimum Gasteiger partial charge on any atom is -0.307 e. The van der Waals surface area contributed by atoms with Gasteiger partial charge in [-0.1, -0.05) is 32.6 Å². The molecule has 1 aliphatic rings. The third-order valence-electron chi connectivity index (χ3n) is 3.45. The molecule has 4 nitrogen and oxygen atoms in total. The molecule has 90 valence electrons. The molecule has 0 amide bonds. The minimum absolute atomic E-state index is 0.366. The van der Waals surface area contributed by atoms with Crippen molar-refractivity contribution >= 4 is 0 Å². The lowest BCUT2D eigenvalue weighted by molar-refractivity contribution is 0.383. The molecule has 1 aliphatic carbocycles. The highest BCUT2D eigenvalue weighted by Crippen LogP contribution is 2.31. The van der Waals surface area contributed by atoms with E-state index in [-0.39, 0.29) is 0 Å². The topological polar surface area (TPSA) is 53.6 Å². The van der Waals surface area contributed by atoms with Crippen LogP contribution in [0.25, 0.3) is 0 Å². The van der Waals surface area contributed by atoms with E-state index in [1.165, 1.54) is 32.1 Å². The first-order valence-electron chi connectivity index (χ1n) is 6.48. The van der Waals surface area contributed by atoms with Gasteiger partial charge >= 0.3 is 0 Å². The van der Waals surface area contributed by atoms with Crippen LogP contribution in [0, 0.1) is 5.92 Å². The Morgan fingerprint density at radius 1 is 1.50 bits per heavy atom. The number of nitrogens with zero attached hydrogens (tertiary/aromatic N) is 2. The van der Waals surface area contributed by atoms with Crippen LogP contribution in [0.2, 0.25) is 0 Å². The molecule has 1 saturated carbocycles. The van der Waals surface area contributed by atoms with Crippen LogP contribution in [0.4, 0.5) is 0 Å². The first kappa shape index (κ1) is 11.6. The fraction of sp³-hybridized carbons (Fsp3) is 0.833. The summed E-state index contributed by atoms with van der Waals surface area (Å²) in [4.78, 5) is 4.28. The van der Waals surface area contributed by atoms with Crippen molar-refractivity contribution in [2.75, 3.05) is 6.54 Å². The van der Waals surface area contributed by atoms with Gasteiger partial charge in [0.15, 0.2) is 0 Å². The number of aromatic amines is 1. The summed E-state index contributed by atoms with van der Waals surface area (Å²) in [5, 5.41) is 10.5. The Hall–Kier alpha value is -0.900. The average molecular weight is 222 g/mol. The zero-order valence-corrected chi connectivity index (χ0v) is 10.1. The summed E-state index contributed by atoms with van der Waals surface area (Å²) in [7, 11) is 0. The number of nitrogens with one attached hydrogen (secondary N) is 2. The van der Waals surface area contributed by atoms with Gasteiger partial charge in [-0.15, -0.1) is 0 Å². The molecule has 1 aromatic rings. The first-order valence-corrected chi connectivity index (χ1v) is 6.48. The predicted octanol–water partition coefficient (Wildman–Crippen LogP) is 2.43.